The fraction of sp³-hybridized carbons (Fsp3) is 0.526. The molecule has 1 spiro atoms. The van der Waals surface area contributed by atoms with Gasteiger partial charge in [0.1, 0.15) is 11.7 Å². The van der Waals surface area contributed by atoms with E-state index in [4.69, 9.17) is 0 Å². The van der Waals surface area contributed by atoms with Gasteiger partial charge < -0.3 is 14.7 Å². The molecule has 1 saturated heterocycles. The molecule has 3 unspecified atom stereocenters. The Morgan fingerprint density at radius 3 is 2.68 bits per heavy atom. The van der Waals surface area contributed by atoms with E-state index in [1.807, 2.05) is 50.3 Å². The minimum Gasteiger partial charge on any atom is -0.378 e. The summed E-state index contributed by atoms with van der Waals surface area (Å²) in [7, 11) is 5.83. The lowest BCUT2D eigenvalue weighted by molar-refractivity contribution is -0.135. The largest absolute Gasteiger partial charge is 0.378 e. The van der Waals surface area contributed by atoms with Crippen molar-refractivity contribution < 1.29 is 9.18 Å². The van der Waals surface area contributed by atoms with Crippen LogP contribution in [-0.2, 0) is 4.79 Å². The fourth-order valence-electron chi connectivity index (χ4n) is 4.59. The Morgan fingerprint density at radius 1 is 1.28 bits per heavy atom. The molecule has 25 heavy (non-hydrogen) atoms. The van der Waals surface area contributed by atoms with Crippen molar-refractivity contribution in [3.05, 3.63) is 42.0 Å². The van der Waals surface area contributed by atoms with Crippen molar-refractivity contribution in [3.8, 4) is 0 Å². The van der Waals surface area contributed by atoms with Gasteiger partial charge in [0.15, 0.2) is 5.78 Å². The molecule has 0 amide bonds. The molecule has 1 aromatic rings. The van der Waals surface area contributed by atoms with Crippen molar-refractivity contribution >= 4 is 11.5 Å². The Balaban J connectivity index is 1.77. The summed E-state index contributed by atoms with van der Waals surface area (Å²) in [4.78, 5) is 18.5. The molecule has 3 atom stereocenters. The molecule has 1 N–H and O–H groups in total. The van der Waals surface area contributed by atoms with E-state index >= 15 is 4.39 Å². The summed E-state index contributed by atoms with van der Waals surface area (Å²) in [6, 6.07) is 8.09. The quantitative estimate of drug-likeness (QED) is 0.833. The van der Waals surface area contributed by atoms with E-state index in [1.54, 1.807) is 9.80 Å². The molecule has 0 bridgehead atoms. The molecule has 0 radical (unpaired) electrons. The number of carbonyl (C=O) groups excluding carboxylic acids is 1. The Bertz CT molecular complexity index is 717. The number of likely N-dealkylation sites (N-methyl/N-ethyl adjacent to an activating group) is 1. The minimum absolute atomic E-state index is 0.0193. The van der Waals surface area contributed by atoms with Crippen molar-refractivity contribution in [1.29, 1.82) is 0 Å². The van der Waals surface area contributed by atoms with Crippen molar-refractivity contribution in [2.45, 2.75) is 37.0 Å². The van der Waals surface area contributed by atoms with E-state index in [0.29, 0.717) is 13.0 Å². The van der Waals surface area contributed by atoms with Crippen LogP contribution in [0.25, 0.3) is 0 Å². The zero-order valence-electron chi connectivity index (χ0n) is 15.0. The van der Waals surface area contributed by atoms with E-state index in [0.717, 1.165) is 24.1 Å². The average molecular weight is 344 g/mol. The van der Waals surface area contributed by atoms with Gasteiger partial charge in [0.05, 0.1) is 6.20 Å². The van der Waals surface area contributed by atoms with Gasteiger partial charge in [-0.1, -0.05) is 12.1 Å². The summed E-state index contributed by atoms with van der Waals surface area (Å²) >= 11 is 0. The lowest BCUT2D eigenvalue weighted by Crippen LogP contribution is -2.65. The number of benzene rings is 1. The Labute approximate surface area is 148 Å². The van der Waals surface area contributed by atoms with Gasteiger partial charge in [-0.25, -0.2) is 0 Å². The first kappa shape index (κ1) is 16.4. The maximum atomic E-state index is 15.0. The fourth-order valence-corrected chi connectivity index (χ4v) is 4.59. The highest BCUT2D eigenvalue weighted by atomic mass is 19.1. The second-order valence-electron chi connectivity index (χ2n) is 7.58. The lowest BCUT2D eigenvalue weighted by atomic mass is 9.75. The van der Waals surface area contributed by atoms with Crippen molar-refractivity contribution in [1.82, 2.24) is 15.1 Å². The second kappa shape index (κ2) is 5.73. The molecule has 134 valence electrons. The maximum Gasteiger partial charge on any atom is 0.208 e. The topological polar surface area (TPSA) is 38.8 Å². The molecule has 1 aromatic carbocycles. The predicted molar refractivity (Wildman–Crippen MR) is 95.7 cm³/mol. The monoisotopic (exact) mass is 344 g/mol. The number of hydrogen-bond acceptors (Lipinski definition) is 5. The van der Waals surface area contributed by atoms with E-state index in [-0.39, 0.29) is 23.9 Å². The molecule has 2 fully saturated rings. The van der Waals surface area contributed by atoms with Crippen LogP contribution in [0.15, 0.2) is 36.4 Å². The van der Waals surface area contributed by atoms with Crippen LogP contribution in [0.5, 0.6) is 0 Å². The number of Topliss-reactive ketones (excluding diaryl/α,β-unsaturated/α-hetero) is 1. The Hall–Kier alpha value is -2.08. The third-order valence-corrected chi connectivity index (χ3v) is 5.78. The molecule has 6 heteroatoms. The molecule has 2 aliphatic heterocycles. The first-order valence-corrected chi connectivity index (χ1v) is 8.87. The third-order valence-electron chi connectivity index (χ3n) is 5.78. The number of anilines is 1. The number of hydrogen-bond donors (Lipinski definition) is 1. The summed E-state index contributed by atoms with van der Waals surface area (Å²) in [6.07, 6.45) is 3.48. The van der Waals surface area contributed by atoms with E-state index in [2.05, 4.69) is 5.32 Å². The number of halogens is 1. The van der Waals surface area contributed by atoms with Crippen molar-refractivity contribution in [2.24, 2.45) is 0 Å². The Kier molecular flexibility index (Phi) is 3.76. The summed E-state index contributed by atoms with van der Waals surface area (Å²) in [5.74, 6) is -0.181. The number of rotatable bonds is 2. The van der Waals surface area contributed by atoms with Gasteiger partial charge in [-0.3, -0.25) is 10.1 Å². The van der Waals surface area contributed by atoms with Crippen LogP contribution in [0.3, 0.4) is 0 Å². The van der Waals surface area contributed by atoms with E-state index in [9.17, 15) is 4.79 Å². The molecular formula is C19H25FN4O. The zero-order valence-corrected chi connectivity index (χ0v) is 15.0. The molecule has 5 nitrogen and oxygen atoms in total. The molecule has 0 aromatic heterocycles. The van der Waals surface area contributed by atoms with Gasteiger partial charge >= 0.3 is 0 Å². The standard InChI is InChI=1S/C19H25FN4O/c1-22(2)14-9-7-13(8-10-14)18-21-15-5-4-6-16(25)19(15)12-23(3)11-17(20)24(18)19/h7-11,15,18,21H,4-6,12H2,1-3H3. The normalized spacial score (nSPS) is 31.5. The number of carbonyl (C=O) groups is 1. The molecule has 1 aliphatic carbocycles. The number of nitrogens with zero attached hydrogens (tertiary/aromatic N) is 3. The highest BCUT2D eigenvalue weighted by molar-refractivity contribution is 5.91. The molecule has 3 aliphatic rings. The number of ketones is 1. The smallest absolute Gasteiger partial charge is 0.208 e. The van der Waals surface area contributed by atoms with Gasteiger partial charge in [0, 0.05) is 45.8 Å². The van der Waals surface area contributed by atoms with E-state index in [1.165, 1.54) is 6.20 Å². The van der Waals surface area contributed by atoms with Gasteiger partial charge in [-0.2, -0.15) is 4.39 Å². The van der Waals surface area contributed by atoms with Gasteiger partial charge in [0.2, 0.25) is 5.95 Å². The number of nitrogens with one attached hydrogen (secondary N) is 1. The third kappa shape index (κ3) is 2.34. The van der Waals surface area contributed by atoms with Crippen molar-refractivity contribution in [2.75, 3.05) is 32.6 Å². The van der Waals surface area contributed by atoms with Crippen LogP contribution in [0.1, 0.15) is 31.0 Å². The first-order valence-electron chi connectivity index (χ1n) is 8.87. The van der Waals surface area contributed by atoms with E-state index < -0.39 is 5.54 Å². The van der Waals surface area contributed by atoms with Gasteiger partial charge in [-0.15, -0.1) is 0 Å². The predicted octanol–water partition coefficient (Wildman–Crippen LogP) is 2.23. The lowest BCUT2D eigenvalue weighted by Gasteiger charge is -2.48. The highest BCUT2D eigenvalue weighted by Crippen LogP contribution is 2.47. The summed E-state index contributed by atoms with van der Waals surface area (Å²) < 4.78 is 15.0. The second-order valence-corrected chi connectivity index (χ2v) is 7.58. The molecule has 4 rings (SSSR count). The van der Waals surface area contributed by atoms with Crippen LogP contribution in [0.4, 0.5) is 10.1 Å². The molecular weight excluding hydrogens is 319 g/mol. The van der Waals surface area contributed by atoms with Gasteiger partial charge in [0.25, 0.3) is 0 Å². The van der Waals surface area contributed by atoms with Crippen molar-refractivity contribution in [3.63, 3.8) is 0 Å². The SMILES string of the molecule is CN1C=C(F)N2C(c3ccc(N(C)C)cc3)NC3CCCC(=O)C32C1. The Morgan fingerprint density at radius 2 is 2.00 bits per heavy atom. The van der Waals surface area contributed by atoms with Crippen LogP contribution in [0, 0.1) is 0 Å². The van der Waals surface area contributed by atoms with Gasteiger partial charge in [-0.05, 0) is 30.5 Å². The maximum absolute atomic E-state index is 15.0. The average Bonchev–Trinajstić information content (AvgIpc) is 2.92. The van der Waals surface area contributed by atoms with Crippen LogP contribution < -0.4 is 10.2 Å². The highest BCUT2D eigenvalue weighted by Gasteiger charge is 2.61. The summed E-state index contributed by atoms with van der Waals surface area (Å²) in [6.45, 7) is 0.531. The first-order chi connectivity index (χ1) is 11.9. The molecule has 1 saturated carbocycles. The van der Waals surface area contributed by atoms with Crippen LogP contribution >= 0.6 is 0 Å². The summed E-state index contributed by atoms with van der Waals surface area (Å²) in [5, 5.41) is 3.56. The van der Waals surface area contributed by atoms with Crippen LogP contribution in [0.2, 0.25) is 0 Å². The molecule has 2 heterocycles. The zero-order chi connectivity index (χ0) is 17.8. The van der Waals surface area contributed by atoms with Crippen LogP contribution in [-0.4, -0.2) is 54.9 Å². The summed E-state index contributed by atoms with van der Waals surface area (Å²) in [5.41, 5.74) is 1.29. The minimum atomic E-state index is -0.795.